The Morgan fingerprint density at radius 1 is 1.27 bits per heavy atom. The van der Waals surface area contributed by atoms with Crippen LogP contribution in [0.1, 0.15) is 53.0 Å². The highest BCUT2D eigenvalue weighted by Gasteiger charge is 2.19. The predicted octanol–water partition coefficient (Wildman–Crippen LogP) is 2.29. The molecule has 0 fully saturated rings. The van der Waals surface area contributed by atoms with E-state index in [-0.39, 0.29) is 11.9 Å². The fraction of sp³-hybridized carbons (Fsp3) is 0.389. The van der Waals surface area contributed by atoms with Gasteiger partial charge < -0.3 is 5.32 Å². The van der Waals surface area contributed by atoms with Gasteiger partial charge in [0.25, 0.3) is 5.91 Å². The molecule has 2 aromatic heterocycles. The Hall–Kier alpha value is -3.03. The van der Waals surface area contributed by atoms with Crippen molar-refractivity contribution in [3.8, 4) is 5.69 Å². The number of carbonyl (C=O) groups is 1. The quantitative estimate of drug-likeness (QED) is 0.760. The summed E-state index contributed by atoms with van der Waals surface area (Å²) in [5, 5.41) is 19.1. The normalized spacial score (nSPS) is 12.2. The van der Waals surface area contributed by atoms with Gasteiger partial charge >= 0.3 is 0 Å². The fourth-order valence-electron chi connectivity index (χ4n) is 3.25. The maximum atomic E-state index is 12.7. The number of rotatable bonds is 5. The van der Waals surface area contributed by atoms with Crippen LogP contribution in [0.25, 0.3) is 5.69 Å². The highest BCUT2D eigenvalue weighted by molar-refractivity contribution is 5.95. The van der Waals surface area contributed by atoms with Crippen molar-refractivity contribution in [3.05, 3.63) is 52.6 Å². The standard InChI is InChI=1S/C18H23N7O/c1-6-24-13(4)17(12(3)21-24)11(2)19-18(26)15-8-7-9-16(10-15)25-14(5)20-22-23-25/h7-11H,6H2,1-5H3,(H,19,26)/t11-/m0/s1. The lowest BCUT2D eigenvalue weighted by Gasteiger charge is -2.15. The molecule has 0 spiro atoms. The SMILES string of the molecule is CCn1nc(C)c([C@H](C)NC(=O)c2cccc(-n3nnnc3C)c2)c1C. The molecule has 3 aromatic rings. The van der Waals surface area contributed by atoms with Crippen LogP contribution in [0, 0.1) is 20.8 Å². The number of amides is 1. The lowest BCUT2D eigenvalue weighted by Crippen LogP contribution is -2.27. The molecule has 0 radical (unpaired) electrons. The van der Waals surface area contributed by atoms with Gasteiger partial charge in [-0.25, -0.2) is 0 Å². The Morgan fingerprint density at radius 3 is 2.65 bits per heavy atom. The van der Waals surface area contributed by atoms with Crippen molar-refractivity contribution >= 4 is 5.91 Å². The number of nitrogens with one attached hydrogen (secondary N) is 1. The smallest absolute Gasteiger partial charge is 0.251 e. The monoisotopic (exact) mass is 353 g/mol. The summed E-state index contributed by atoms with van der Waals surface area (Å²) in [6.45, 7) is 10.6. The van der Waals surface area contributed by atoms with Gasteiger partial charge in [-0.15, -0.1) is 5.10 Å². The van der Waals surface area contributed by atoms with E-state index in [0.717, 1.165) is 29.2 Å². The van der Waals surface area contributed by atoms with E-state index in [4.69, 9.17) is 0 Å². The summed E-state index contributed by atoms with van der Waals surface area (Å²) in [4.78, 5) is 12.7. The summed E-state index contributed by atoms with van der Waals surface area (Å²) < 4.78 is 3.55. The first-order chi connectivity index (χ1) is 12.4. The van der Waals surface area contributed by atoms with Gasteiger partial charge in [-0.05, 0) is 63.2 Å². The van der Waals surface area contributed by atoms with Gasteiger partial charge in [0.05, 0.1) is 17.4 Å². The molecule has 8 nitrogen and oxygen atoms in total. The Kier molecular flexibility index (Phi) is 4.83. The van der Waals surface area contributed by atoms with Gasteiger partial charge in [-0.3, -0.25) is 9.48 Å². The Bertz CT molecular complexity index is 941. The lowest BCUT2D eigenvalue weighted by atomic mass is 10.1. The minimum atomic E-state index is -0.145. The second-order valence-corrected chi connectivity index (χ2v) is 6.28. The lowest BCUT2D eigenvalue weighted by molar-refractivity contribution is 0.0939. The van der Waals surface area contributed by atoms with Crippen LogP contribution in [0.4, 0.5) is 0 Å². The average Bonchev–Trinajstić information content (AvgIpc) is 3.17. The number of aryl methyl sites for hydroxylation is 3. The predicted molar refractivity (Wildman–Crippen MR) is 97.1 cm³/mol. The molecule has 1 N–H and O–H groups in total. The molecule has 0 saturated carbocycles. The minimum Gasteiger partial charge on any atom is -0.345 e. The van der Waals surface area contributed by atoms with Crippen LogP contribution >= 0.6 is 0 Å². The highest BCUT2D eigenvalue weighted by Crippen LogP contribution is 2.22. The molecule has 1 atom stereocenters. The van der Waals surface area contributed by atoms with Crippen molar-refractivity contribution in [1.29, 1.82) is 0 Å². The van der Waals surface area contributed by atoms with Gasteiger partial charge in [-0.2, -0.15) is 9.78 Å². The molecule has 0 aliphatic heterocycles. The number of hydrogen-bond donors (Lipinski definition) is 1. The maximum absolute atomic E-state index is 12.7. The van der Waals surface area contributed by atoms with Crippen LogP contribution in [0.2, 0.25) is 0 Å². The first kappa shape index (κ1) is 17.8. The van der Waals surface area contributed by atoms with E-state index in [1.54, 1.807) is 16.8 Å². The van der Waals surface area contributed by atoms with Crippen molar-refractivity contribution in [1.82, 2.24) is 35.3 Å². The minimum absolute atomic E-state index is 0.138. The molecule has 3 rings (SSSR count). The fourth-order valence-corrected chi connectivity index (χ4v) is 3.25. The summed E-state index contributed by atoms with van der Waals surface area (Å²) in [5.74, 6) is 0.516. The second kappa shape index (κ2) is 7.07. The first-order valence-electron chi connectivity index (χ1n) is 8.62. The van der Waals surface area contributed by atoms with Crippen LogP contribution in [0.5, 0.6) is 0 Å². The number of carbonyl (C=O) groups excluding carboxylic acids is 1. The van der Waals surface area contributed by atoms with E-state index in [0.29, 0.717) is 11.4 Å². The molecule has 0 unspecified atom stereocenters. The summed E-state index contributed by atoms with van der Waals surface area (Å²) >= 11 is 0. The van der Waals surface area contributed by atoms with Crippen LogP contribution < -0.4 is 5.32 Å². The van der Waals surface area contributed by atoms with Crippen molar-refractivity contribution in [3.63, 3.8) is 0 Å². The number of tetrazole rings is 1. The van der Waals surface area contributed by atoms with Crippen molar-refractivity contribution in [2.75, 3.05) is 0 Å². The Labute approximate surface area is 152 Å². The molecular formula is C18H23N7O. The highest BCUT2D eigenvalue weighted by atomic mass is 16.1. The number of aromatic nitrogens is 6. The molecule has 1 aromatic carbocycles. The number of hydrogen-bond acceptors (Lipinski definition) is 5. The molecule has 0 saturated heterocycles. The third kappa shape index (κ3) is 3.22. The molecule has 0 aliphatic carbocycles. The van der Waals surface area contributed by atoms with Gasteiger partial charge in [-0.1, -0.05) is 6.07 Å². The Balaban J connectivity index is 1.83. The third-order valence-electron chi connectivity index (χ3n) is 4.50. The summed E-state index contributed by atoms with van der Waals surface area (Å²) in [6, 6.07) is 7.10. The van der Waals surface area contributed by atoms with Crippen LogP contribution in [0.15, 0.2) is 24.3 Å². The summed E-state index contributed by atoms with van der Waals surface area (Å²) in [6.07, 6.45) is 0. The topological polar surface area (TPSA) is 90.5 Å². The van der Waals surface area contributed by atoms with E-state index >= 15 is 0 Å². The van der Waals surface area contributed by atoms with Crippen molar-refractivity contribution in [2.24, 2.45) is 0 Å². The van der Waals surface area contributed by atoms with Crippen LogP contribution in [0.3, 0.4) is 0 Å². The summed E-state index contributed by atoms with van der Waals surface area (Å²) in [5.41, 5.74) is 4.39. The average molecular weight is 353 g/mol. The van der Waals surface area contributed by atoms with E-state index in [9.17, 15) is 4.79 Å². The zero-order chi connectivity index (χ0) is 18.8. The van der Waals surface area contributed by atoms with Crippen molar-refractivity contribution in [2.45, 2.75) is 47.2 Å². The largest absolute Gasteiger partial charge is 0.345 e. The molecular weight excluding hydrogens is 330 g/mol. The molecule has 1 amide bonds. The van der Waals surface area contributed by atoms with Crippen LogP contribution in [-0.4, -0.2) is 35.9 Å². The van der Waals surface area contributed by atoms with Gasteiger partial charge in [0.2, 0.25) is 0 Å². The van der Waals surface area contributed by atoms with Gasteiger partial charge in [0, 0.05) is 23.4 Å². The van der Waals surface area contributed by atoms with E-state index in [1.165, 1.54) is 0 Å². The maximum Gasteiger partial charge on any atom is 0.251 e. The molecule has 2 heterocycles. The van der Waals surface area contributed by atoms with E-state index in [1.807, 2.05) is 44.5 Å². The summed E-state index contributed by atoms with van der Waals surface area (Å²) in [7, 11) is 0. The zero-order valence-electron chi connectivity index (χ0n) is 15.7. The second-order valence-electron chi connectivity index (χ2n) is 6.28. The molecule has 26 heavy (non-hydrogen) atoms. The van der Waals surface area contributed by atoms with E-state index < -0.39 is 0 Å². The van der Waals surface area contributed by atoms with E-state index in [2.05, 4.69) is 32.9 Å². The number of benzene rings is 1. The first-order valence-corrected chi connectivity index (χ1v) is 8.62. The molecule has 136 valence electrons. The van der Waals surface area contributed by atoms with Crippen LogP contribution in [-0.2, 0) is 6.54 Å². The Morgan fingerprint density at radius 2 is 2.04 bits per heavy atom. The van der Waals surface area contributed by atoms with Gasteiger partial charge in [0.1, 0.15) is 0 Å². The molecule has 0 aliphatic rings. The third-order valence-corrected chi connectivity index (χ3v) is 4.50. The zero-order valence-corrected chi connectivity index (χ0v) is 15.7. The van der Waals surface area contributed by atoms with Gasteiger partial charge in [0.15, 0.2) is 5.82 Å². The number of nitrogens with zero attached hydrogens (tertiary/aromatic N) is 6. The molecule has 8 heteroatoms. The van der Waals surface area contributed by atoms with Crippen molar-refractivity contribution < 1.29 is 4.79 Å². The molecule has 0 bridgehead atoms.